The summed E-state index contributed by atoms with van der Waals surface area (Å²) in [6.07, 6.45) is 0. The molecule has 114 valence electrons. The van der Waals surface area contributed by atoms with Gasteiger partial charge in [0.05, 0.1) is 0 Å². The van der Waals surface area contributed by atoms with Crippen molar-refractivity contribution in [2.75, 3.05) is 19.6 Å². The summed E-state index contributed by atoms with van der Waals surface area (Å²) < 4.78 is 0. The van der Waals surface area contributed by atoms with Crippen molar-refractivity contribution in [2.24, 2.45) is 5.92 Å². The molecule has 2 nitrogen and oxygen atoms in total. The Balaban J connectivity index is 2.81. The van der Waals surface area contributed by atoms with Crippen molar-refractivity contribution in [3.8, 4) is 0 Å². The maximum absolute atomic E-state index is 3.64. The number of hydrogen-bond donors (Lipinski definition) is 1. The highest BCUT2D eigenvalue weighted by Crippen LogP contribution is 2.17. The fourth-order valence-corrected chi connectivity index (χ4v) is 2.53. The third kappa shape index (κ3) is 5.64. The number of nitrogens with one attached hydrogen (secondary N) is 1. The molecule has 0 aromatic heterocycles. The summed E-state index contributed by atoms with van der Waals surface area (Å²) in [5.41, 5.74) is 2.72. The van der Waals surface area contributed by atoms with Crippen LogP contribution in [0.15, 0.2) is 24.3 Å². The predicted molar refractivity (Wildman–Crippen MR) is 89.1 cm³/mol. The molecule has 0 bridgehead atoms. The van der Waals surface area contributed by atoms with Crippen molar-refractivity contribution < 1.29 is 0 Å². The molecule has 1 unspecified atom stereocenters. The number of nitrogens with zero attached hydrogens (tertiary/aromatic N) is 1. The molecule has 0 saturated carbocycles. The van der Waals surface area contributed by atoms with Gasteiger partial charge in [0.2, 0.25) is 0 Å². The van der Waals surface area contributed by atoms with Gasteiger partial charge >= 0.3 is 0 Å². The monoisotopic (exact) mass is 276 g/mol. The Morgan fingerprint density at radius 2 is 1.60 bits per heavy atom. The summed E-state index contributed by atoms with van der Waals surface area (Å²) in [5.74, 6) is 0.706. The van der Waals surface area contributed by atoms with Crippen LogP contribution < -0.4 is 5.32 Å². The van der Waals surface area contributed by atoms with Crippen LogP contribution in [0.25, 0.3) is 0 Å². The molecule has 0 aliphatic carbocycles. The lowest BCUT2D eigenvalue weighted by Gasteiger charge is -2.32. The van der Waals surface area contributed by atoms with Crippen molar-refractivity contribution in [3.05, 3.63) is 35.4 Å². The molecule has 0 spiro atoms. The maximum atomic E-state index is 3.64. The van der Waals surface area contributed by atoms with E-state index in [1.165, 1.54) is 11.1 Å². The third-order valence-electron chi connectivity index (χ3n) is 3.68. The first kappa shape index (κ1) is 17.2. The number of rotatable bonds is 8. The van der Waals surface area contributed by atoms with E-state index in [0.717, 1.165) is 19.6 Å². The van der Waals surface area contributed by atoms with E-state index in [4.69, 9.17) is 0 Å². The average Bonchev–Trinajstić information content (AvgIpc) is 2.37. The van der Waals surface area contributed by atoms with E-state index in [2.05, 4.69) is 76.0 Å². The molecule has 1 N–H and O–H groups in total. The molecule has 0 aliphatic rings. The summed E-state index contributed by atoms with van der Waals surface area (Å²) in [5, 5.41) is 3.64. The molecular formula is C18H32N2. The zero-order chi connectivity index (χ0) is 15.1. The molecule has 20 heavy (non-hydrogen) atoms. The first-order valence-corrected chi connectivity index (χ1v) is 7.98. The lowest BCUT2D eigenvalue weighted by atomic mass is 10.0. The predicted octanol–water partition coefficient (Wildman–Crippen LogP) is 4.01. The van der Waals surface area contributed by atoms with Gasteiger partial charge in [-0.25, -0.2) is 0 Å². The first-order valence-electron chi connectivity index (χ1n) is 7.98. The molecule has 0 saturated heterocycles. The Labute approximate surface area is 125 Å². The van der Waals surface area contributed by atoms with Crippen molar-refractivity contribution in [1.29, 1.82) is 0 Å². The summed E-state index contributed by atoms with van der Waals surface area (Å²) in [6.45, 7) is 16.7. The lowest BCUT2D eigenvalue weighted by molar-refractivity contribution is 0.177. The van der Waals surface area contributed by atoms with Crippen LogP contribution in [0.5, 0.6) is 0 Å². The van der Waals surface area contributed by atoms with Crippen LogP contribution in [0.2, 0.25) is 0 Å². The van der Waals surface area contributed by atoms with E-state index in [1.54, 1.807) is 0 Å². The molecule has 1 rings (SSSR count). The van der Waals surface area contributed by atoms with E-state index in [-0.39, 0.29) is 0 Å². The quantitative estimate of drug-likeness (QED) is 0.771. The molecule has 0 aliphatic heterocycles. The van der Waals surface area contributed by atoms with Crippen molar-refractivity contribution >= 4 is 0 Å². The molecule has 0 fully saturated rings. The van der Waals surface area contributed by atoms with Gasteiger partial charge in [0.25, 0.3) is 0 Å². The summed E-state index contributed by atoms with van der Waals surface area (Å²) in [7, 11) is 0. The van der Waals surface area contributed by atoms with Crippen LogP contribution in [-0.4, -0.2) is 30.6 Å². The van der Waals surface area contributed by atoms with Gasteiger partial charge in [0.15, 0.2) is 0 Å². The van der Waals surface area contributed by atoms with Gasteiger partial charge in [-0.15, -0.1) is 0 Å². The minimum atomic E-state index is 0.418. The van der Waals surface area contributed by atoms with Crippen LogP contribution in [0, 0.1) is 12.8 Å². The number of hydrogen-bond acceptors (Lipinski definition) is 2. The molecular weight excluding hydrogens is 244 g/mol. The molecule has 0 radical (unpaired) electrons. The Morgan fingerprint density at radius 3 is 2.05 bits per heavy atom. The van der Waals surface area contributed by atoms with Gasteiger partial charge in [-0.05, 0) is 38.8 Å². The zero-order valence-electron chi connectivity index (χ0n) is 14.1. The molecule has 0 amide bonds. The van der Waals surface area contributed by atoms with Crippen LogP contribution in [0.1, 0.15) is 51.8 Å². The third-order valence-corrected chi connectivity index (χ3v) is 3.68. The minimum absolute atomic E-state index is 0.418. The average molecular weight is 276 g/mol. The van der Waals surface area contributed by atoms with Crippen LogP contribution in [0.3, 0.4) is 0 Å². The SMILES string of the molecule is CCNC(CN(CC(C)C)C(C)C)c1ccc(C)cc1. The van der Waals surface area contributed by atoms with Crippen LogP contribution in [-0.2, 0) is 0 Å². The van der Waals surface area contributed by atoms with Crippen LogP contribution >= 0.6 is 0 Å². The lowest BCUT2D eigenvalue weighted by Crippen LogP contribution is -2.41. The van der Waals surface area contributed by atoms with Gasteiger partial charge in [0, 0.05) is 25.2 Å². The van der Waals surface area contributed by atoms with Gasteiger partial charge in [-0.1, -0.05) is 50.6 Å². The van der Waals surface area contributed by atoms with E-state index in [9.17, 15) is 0 Å². The van der Waals surface area contributed by atoms with Crippen LogP contribution in [0.4, 0.5) is 0 Å². The fourth-order valence-electron chi connectivity index (χ4n) is 2.53. The molecule has 0 heterocycles. The fraction of sp³-hybridized carbons (Fsp3) is 0.667. The van der Waals surface area contributed by atoms with E-state index in [0.29, 0.717) is 18.0 Å². The summed E-state index contributed by atoms with van der Waals surface area (Å²) >= 11 is 0. The zero-order valence-corrected chi connectivity index (χ0v) is 14.1. The molecule has 1 aromatic rings. The number of aryl methyl sites for hydroxylation is 1. The Hall–Kier alpha value is -0.860. The van der Waals surface area contributed by atoms with Crippen molar-refractivity contribution in [3.63, 3.8) is 0 Å². The standard InChI is InChI=1S/C18H32N2/c1-7-19-18(17-10-8-16(6)9-11-17)13-20(15(4)5)12-14(2)3/h8-11,14-15,18-19H,7,12-13H2,1-6H3. The Bertz CT molecular complexity index is 368. The van der Waals surface area contributed by atoms with Gasteiger partial charge in [-0.2, -0.15) is 0 Å². The molecule has 2 heteroatoms. The second-order valence-electron chi connectivity index (χ2n) is 6.46. The highest BCUT2D eigenvalue weighted by atomic mass is 15.2. The normalized spacial score (nSPS) is 13.4. The second-order valence-corrected chi connectivity index (χ2v) is 6.46. The number of likely N-dealkylation sites (N-methyl/N-ethyl adjacent to an activating group) is 1. The van der Waals surface area contributed by atoms with Crippen molar-refractivity contribution in [2.45, 2.75) is 53.6 Å². The van der Waals surface area contributed by atoms with E-state index in [1.807, 2.05) is 0 Å². The highest BCUT2D eigenvalue weighted by Gasteiger charge is 2.18. The summed E-state index contributed by atoms with van der Waals surface area (Å²) in [4.78, 5) is 2.58. The second kappa shape index (κ2) is 8.43. The van der Waals surface area contributed by atoms with Crippen molar-refractivity contribution in [1.82, 2.24) is 10.2 Å². The summed E-state index contributed by atoms with van der Waals surface area (Å²) in [6, 6.07) is 9.95. The number of benzene rings is 1. The maximum Gasteiger partial charge on any atom is 0.0449 e. The van der Waals surface area contributed by atoms with Gasteiger partial charge in [-0.3, -0.25) is 4.90 Å². The van der Waals surface area contributed by atoms with Gasteiger partial charge in [0.1, 0.15) is 0 Å². The molecule has 1 atom stereocenters. The Kier molecular flexibility index (Phi) is 7.25. The smallest absolute Gasteiger partial charge is 0.0449 e. The topological polar surface area (TPSA) is 15.3 Å². The van der Waals surface area contributed by atoms with Gasteiger partial charge < -0.3 is 5.32 Å². The minimum Gasteiger partial charge on any atom is -0.309 e. The van der Waals surface area contributed by atoms with E-state index < -0.39 is 0 Å². The highest BCUT2D eigenvalue weighted by molar-refractivity contribution is 5.24. The Morgan fingerprint density at radius 1 is 1.00 bits per heavy atom. The van der Waals surface area contributed by atoms with E-state index >= 15 is 0 Å². The largest absolute Gasteiger partial charge is 0.309 e. The molecule has 1 aromatic carbocycles. The first-order chi connectivity index (χ1) is 9.43.